The predicted octanol–water partition coefficient (Wildman–Crippen LogP) is 2.06. The Labute approximate surface area is 112 Å². The normalized spacial score (nSPS) is 12.5. The third kappa shape index (κ3) is 3.89. The molecule has 4 nitrogen and oxygen atoms in total. The molecular formula is C13H19ClN2O2. The van der Waals surface area contributed by atoms with Crippen LogP contribution in [0.15, 0.2) is 18.2 Å². The van der Waals surface area contributed by atoms with Crippen molar-refractivity contribution in [3.63, 3.8) is 0 Å². The van der Waals surface area contributed by atoms with Gasteiger partial charge in [0.25, 0.3) is 5.91 Å². The first-order chi connectivity index (χ1) is 8.45. The number of nitrogens with one attached hydrogen (secondary N) is 1. The van der Waals surface area contributed by atoms with E-state index in [1.807, 2.05) is 13.8 Å². The lowest BCUT2D eigenvalue weighted by Gasteiger charge is -2.21. The van der Waals surface area contributed by atoms with Gasteiger partial charge in [-0.1, -0.05) is 25.4 Å². The van der Waals surface area contributed by atoms with Gasteiger partial charge < -0.3 is 16.2 Å². The quantitative estimate of drug-likeness (QED) is 0.717. The van der Waals surface area contributed by atoms with Crippen molar-refractivity contribution in [1.82, 2.24) is 5.32 Å². The van der Waals surface area contributed by atoms with Crippen molar-refractivity contribution in [2.24, 2.45) is 5.92 Å². The van der Waals surface area contributed by atoms with Gasteiger partial charge in [0.1, 0.15) is 0 Å². The second-order valence-electron chi connectivity index (χ2n) is 4.57. The Hall–Kier alpha value is -1.26. The molecule has 1 rings (SSSR count). The first-order valence-corrected chi connectivity index (χ1v) is 6.30. The molecule has 1 aromatic rings. The number of benzene rings is 1. The van der Waals surface area contributed by atoms with Gasteiger partial charge in [-0.15, -0.1) is 0 Å². The number of nitrogens with two attached hydrogens (primary N) is 1. The molecule has 100 valence electrons. The highest BCUT2D eigenvalue weighted by Crippen LogP contribution is 2.20. The monoisotopic (exact) mass is 270 g/mol. The molecule has 0 radical (unpaired) electrons. The number of hydrogen-bond donors (Lipinski definition) is 3. The topological polar surface area (TPSA) is 75.3 Å². The van der Waals surface area contributed by atoms with E-state index in [0.29, 0.717) is 22.7 Å². The summed E-state index contributed by atoms with van der Waals surface area (Å²) in [5.41, 5.74) is 6.51. The number of nitrogen functional groups attached to an aromatic ring is 1. The number of carbonyl (C=O) groups is 1. The average molecular weight is 271 g/mol. The van der Waals surface area contributed by atoms with Gasteiger partial charge >= 0.3 is 0 Å². The zero-order valence-corrected chi connectivity index (χ0v) is 11.4. The van der Waals surface area contributed by atoms with E-state index >= 15 is 0 Å². The maximum absolute atomic E-state index is 12.0. The standard InChI is InChI=1S/C13H19ClN2O2/c1-8(2)12(5-6-17)16-13(18)9-3-4-11(15)10(14)7-9/h3-4,7-8,12,17H,5-6,15H2,1-2H3,(H,16,18). The molecular weight excluding hydrogens is 252 g/mol. The Kier molecular flexibility index (Phi) is 5.44. The number of anilines is 1. The van der Waals surface area contributed by atoms with Crippen molar-refractivity contribution in [2.45, 2.75) is 26.3 Å². The maximum Gasteiger partial charge on any atom is 0.251 e. The SMILES string of the molecule is CC(C)C(CCO)NC(=O)c1ccc(N)c(Cl)c1. The number of amides is 1. The highest BCUT2D eigenvalue weighted by Gasteiger charge is 2.17. The molecule has 0 aliphatic carbocycles. The summed E-state index contributed by atoms with van der Waals surface area (Å²) in [4.78, 5) is 12.0. The number of halogens is 1. The molecule has 0 aliphatic rings. The third-order valence-corrected chi connectivity index (χ3v) is 3.15. The van der Waals surface area contributed by atoms with E-state index in [1.165, 1.54) is 0 Å². The fraction of sp³-hybridized carbons (Fsp3) is 0.462. The summed E-state index contributed by atoms with van der Waals surface area (Å²) in [5.74, 6) is 0.0504. The Morgan fingerprint density at radius 1 is 1.50 bits per heavy atom. The fourth-order valence-corrected chi connectivity index (χ4v) is 1.81. The van der Waals surface area contributed by atoms with E-state index in [4.69, 9.17) is 22.4 Å². The Bertz CT molecular complexity index is 421. The molecule has 0 heterocycles. The summed E-state index contributed by atoms with van der Waals surface area (Å²) < 4.78 is 0. The van der Waals surface area contributed by atoms with E-state index in [1.54, 1.807) is 18.2 Å². The number of hydrogen-bond acceptors (Lipinski definition) is 3. The van der Waals surface area contributed by atoms with E-state index in [0.717, 1.165) is 0 Å². The molecule has 0 saturated heterocycles. The lowest BCUT2D eigenvalue weighted by Crippen LogP contribution is -2.39. The minimum atomic E-state index is -0.205. The molecule has 0 saturated carbocycles. The van der Waals surface area contributed by atoms with Crippen LogP contribution in [-0.2, 0) is 0 Å². The molecule has 0 aliphatic heterocycles. The first-order valence-electron chi connectivity index (χ1n) is 5.92. The van der Waals surface area contributed by atoms with Crippen molar-refractivity contribution in [1.29, 1.82) is 0 Å². The van der Waals surface area contributed by atoms with E-state index in [-0.39, 0.29) is 24.5 Å². The van der Waals surface area contributed by atoms with Crippen LogP contribution in [0.1, 0.15) is 30.6 Å². The van der Waals surface area contributed by atoms with Crippen molar-refractivity contribution >= 4 is 23.2 Å². The first kappa shape index (κ1) is 14.8. The van der Waals surface area contributed by atoms with Gasteiger partial charge in [0.15, 0.2) is 0 Å². The second kappa shape index (κ2) is 6.61. The molecule has 1 amide bonds. The Morgan fingerprint density at radius 3 is 2.67 bits per heavy atom. The minimum Gasteiger partial charge on any atom is -0.398 e. The lowest BCUT2D eigenvalue weighted by atomic mass is 10.0. The van der Waals surface area contributed by atoms with Crippen LogP contribution in [0.25, 0.3) is 0 Å². The Balaban J connectivity index is 2.77. The summed E-state index contributed by atoms with van der Waals surface area (Å²) >= 11 is 5.87. The van der Waals surface area contributed by atoms with Gasteiger partial charge in [0, 0.05) is 18.2 Å². The minimum absolute atomic E-state index is 0.0472. The van der Waals surface area contributed by atoms with Gasteiger partial charge in [-0.05, 0) is 30.5 Å². The Morgan fingerprint density at radius 2 is 2.17 bits per heavy atom. The highest BCUT2D eigenvalue weighted by atomic mass is 35.5. The van der Waals surface area contributed by atoms with Crippen LogP contribution >= 0.6 is 11.6 Å². The summed E-state index contributed by atoms with van der Waals surface area (Å²) in [6.07, 6.45) is 0.534. The highest BCUT2D eigenvalue weighted by molar-refractivity contribution is 6.33. The fourth-order valence-electron chi connectivity index (χ4n) is 1.63. The lowest BCUT2D eigenvalue weighted by molar-refractivity contribution is 0.0916. The van der Waals surface area contributed by atoms with Gasteiger partial charge in [-0.3, -0.25) is 4.79 Å². The largest absolute Gasteiger partial charge is 0.398 e. The molecule has 4 N–H and O–H groups in total. The van der Waals surface area contributed by atoms with Gasteiger partial charge in [0.2, 0.25) is 0 Å². The molecule has 1 atom stereocenters. The molecule has 0 aromatic heterocycles. The summed E-state index contributed by atoms with van der Waals surface area (Å²) in [7, 11) is 0. The predicted molar refractivity (Wildman–Crippen MR) is 73.7 cm³/mol. The van der Waals surface area contributed by atoms with E-state index in [2.05, 4.69) is 5.32 Å². The van der Waals surface area contributed by atoms with Gasteiger partial charge in [0.05, 0.1) is 10.7 Å². The van der Waals surface area contributed by atoms with E-state index in [9.17, 15) is 4.79 Å². The second-order valence-corrected chi connectivity index (χ2v) is 4.98. The van der Waals surface area contributed by atoms with Crippen LogP contribution in [0, 0.1) is 5.92 Å². The molecule has 1 unspecified atom stereocenters. The molecule has 0 spiro atoms. The van der Waals surface area contributed by atoms with Crippen molar-refractivity contribution in [3.8, 4) is 0 Å². The van der Waals surface area contributed by atoms with Gasteiger partial charge in [-0.2, -0.15) is 0 Å². The summed E-state index contributed by atoms with van der Waals surface area (Å²) in [6.45, 7) is 4.04. The van der Waals surface area contributed by atoms with Crippen LogP contribution in [-0.4, -0.2) is 23.7 Å². The smallest absolute Gasteiger partial charge is 0.251 e. The zero-order chi connectivity index (χ0) is 13.7. The zero-order valence-electron chi connectivity index (χ0n) is 10.6. The van der Waals surface area contributed by atoms with E-state index < -0.39 is 0 Å². The third-order valence-electron chi connectivity index (χ3n) is 2.82. The van der Waals surface area contributed by atoms with Gasteiger partial charge in [-0.25, -0.2) is 0 Å². The van der Waals surface area contributed by atoms with Crippen molar-refractivity contribution in [3.05, 3.63) is 28.8 Å². The number of carbonyl (C=O) groups excluding carboxylic acids is 1. The molecule has 0 bridgehead atoms. The van der Waals surface area contributed by atoms with Crippen LogP contribution in [0.2, 0.25) is 5.02 Å². The van der Waals surface area contributed by atoms with Crippen LogP contribution < -0.4 is 11.1 Å². The van der Waals surface area contributed by atoms with Crippen LogP contribution in [0.5, 0.6) is 0 Å². The summed E-state index contributed by atoms with van der Waals surface area (Å²) in [5, 5.41) is 12.2. The van der Waals surface area contributed by atoms with Crippen molar-refractivity contribution < 1.29 is 9.90 Å². The summed E-state index contributed by atoms with van der Waals surface area (Å²) in [6, 6.07) is 4.72. The van der Waals surface area contributed by atoms with Crippen LogP contribution in [0.4, 0.5) is 5.69 Å². The number of rotatable bonds is 5. The average Bonchev–Trinajstić information content (AvgIpc) is 2.31. The maximum atomic E-state index is 12.0. The van der Waals surface area contributed by atoms with Crippen molar-refractivity contribution in [2.75, 3.05) is 12.3 Å². The molecule has 5 heteroatoms. The molecule has 18 heavy (non-hydrogen) atoms. The molecule has 1 aromatic carbocycles. The van der Waals surface area contributed by atoms with Crippen LogP contribution in [0.3, 0.4) is 0 Å². The number of aliphatic hydroxyl groups excluding tert-OH is 1. The number of aliphatic hydroxyl groups is 1. The molecule has 0 fully saturated rings.